The Bertz CT molecular complexity index is 775. The summed E-state index contributed by atoms with van der Waals surface area (Å²) in [5.41, 5.74) is 10.4. The van der Waals surface area contributed by atoms with E-state index in [1.165, 1.54) is 13.8 Å². The van der Waals surface area contributed by atoms with Gasteiger partial charge in [-0.2, -0.15) is 0 Å². The van der Waals surface area contributed by atoms with Crippen molar-refractivity contribution in [2.24, 2.45) is 11.5 Å². The summed E-state index contributed by atoms with van der Waals surface area (Å²) in [6.45, 7) is 4.98. The maximum Gasteiger partial charge on any atom is 0.330 e. The summed E-state index contributed by atoms with van der Waals surface area (Å²) in [5, 5.41) is 22.6. The Morgan fingerprint density at radius 2 is 1.38 bits per heavy atom. The third-order valence-corrected chi connectivity index (χ3v) is 4.48. The number of aliphatic carboxylic acids is 2. The summed E-state index contributed by atoms with van der Waals surface area (Å²) in [4.78, 5) is 78.2. The van der Waals surface area contributed by atoms with E-state index in [1.807, 2.05) is 0 Å². The van der Waals surface area contributed by atoms with Gasteiger partial charge in [0.2, 0.25) is 11.8 Å². The van der Waals surface area contributed by atoms with E-state index in [0.29, 0.717) is 43.8 Å². The van der Waals surface area contributed by atoms with E-state index in [1.54, 1.807) is 0 Å². The Morgan fingerprint density at radius 3 is 1.77 bits per heavy atom. The van der Waals surface area contributed by atoms with Crippen LogP contribution in [0.25, 0.3) is 0 Å². The normalized spacial score (nSPS) is 13.0. The average Bonchev–Trinajstić information content (AvgIpc) is 3.10. The van der Waals surface area contributed by atoms with Crippen molar-refractivity contribution in [1.82, 2.24) is 15.7 Å². The highest BCUT2D eigenvalue weighted by Crippen LogP contribution is 2.11. The molecule has 2 atom stereocenters. The molecule has 1 saturated heterocycles. The van der Waals surface area contributed by atoms with Crippen molar-refractivity contribution in [1.29, 1.82) is 0 Å². The second-order valence-electron chi connectivity index (χ2n) is 7.96. The van der Waals surface area contributed by atoms with Crippen LogP contribution in [0.4, 0.5) is 0 Å². The van der Waals surface area contributed by atoms with Crippen LogP contribution in [0.1, 0.15) is 87.0 Å². The van der Waals surface area contributed by atoms with Crippen LogP contribution in [-0.4, -0.2) is 82.0 Å². The smallest absolute Gasteiger partial charge is 0.330 e. The van der Waals surface area contributed by atoms with Crippen molar-refractivity contribution in [2.75, 3.05) is 13.1 Å². The van der Waals surface area contributed by atoms with Crippen LogP contribution in [0.15, 0.2) is 0 Å². The van der Waals surface area contributed by atoms with Crippen LogP contribution in [0.3, 0.4) is 0 Å². The van der Waals surface area contributed by atoms with Gasteiger partial charge >= 0.3 is 17.9 Å². The Kier molecular flexibility index (Phi) is 26.9. The van der Waals surface area contributed by atoms with Gasteiger partial charge in [0.25, 0.3) is 11.8 Å². The molecule has 0 radical (unpaired) electrons. The minimum atomic E-state index is -1.03. The fourth-order valence-electron chi connectivity index (χ4n) is 2.66. The van der Waals surface area contributed by atoms with E-state index in [0.717, 1.165) is 19.8 Å². The Hall–Kier alpha value is -3.59. The molecule has 1 aliphatic heterocycles. The van der Waals surface area contributed by atoms with E-state index in [2.05, 4.69) is 15.5 Å². The van der Waals surface area contributed by atoms with Crippen LogP contribution in [0.2, 0.25) is 0 Å². The van der Waals surface area contributed by atoms with Gasteiger partial charge in [0.05, 0.1) is 0 Å². The van der Waals surface area contributed by atoms with Gasteiger partial charge in [0.15, 0.2) is 0 Å². The number of nitrogens with two attached hydrogens (primary N) is 2. The number of amides is 4. The number of carboxylic acid groups (broad SMARTS) is 2. The van der Waals surface area contributed by atoms with Crippen LogP contribution < -0.4 is 22.1 Å². The zero-order valence-corrected chi connectivity index (χ0v) is 21.5. The quantitative estimate of drug-likeness (QED) is 0.130. The lowest BCUT2D eigenvalue weighted by Crippen LogP contribution is -2.39. The SMILES string of the molecule is C.C.CC(=O)NCCCCC(NC(C)=O)C(=O)O.CC(=O)ON1C(=O)CCC1=O.NCCCCC(N)C(=O)O. The van der Waals surface area contributed by atoms with Gasteiger partial charge < -0.3 is 37.2 Å². The molecule has 4 amide bonds. The predicted octanol–water partition coefficient (Wildman–Crippen LogP) is 0.295. The molecule has 1 aliphatic rings. The fourth-order valence-corrected chi connectivity index (χ4v) is 2.66. The minimum absolute atomic E-state index is 0. The first-order chi connectivity index (χ1) is 17.2. The van der Waals surface area contributed by atoms with Crippen LogP contribution in [0, 0.1) is 0 Å². The summed E-state index contributed by atoms with van der Waals surface area (Å²) >= 11 is 0. The molecule has 39 heavy (non-hydrogen) atoms. The average molecular weight is 566 g/mol. The van der Waals surface area contributed by atoms with Crippen molar-refractivity contribution in [3.63, 3.8) is 0 Å². The molecular weight excluding hydrogens is 518 g/mol. The number of carbonyl (C=O) groups excluding carboxylic acids is 5. The second kappa shape index (κ2) is 24.7. The fraction of sp³-hybridized carbons (Fsp3) is 0.708. The number of unbranched alkanes of at least 4 members (excludes halogenated alkanes) is 2. The van der Waals surface area contributed by atoms with Crippen molar-refractivity contribution in [3.05, 3.63) is 0 Å². The summed E-state index contributed by atoms with van der Waals surface area (Å²) < 4.78 is 0. The van der Waals surface area contributed by atoms with Gasteiger partial charge in [0, 0.05) is 40.2 Å². The monoisotopic (exact) mass is 565 g/mol. The minimum Gasteiger partial charge on any atom is -0.480 e. The number of carboxylic acids is 2. The maximum absolute atomic E-state index is 10.7. The molecule has 0 aliphatic carbocycles. The molecule has 0 spiro atoms. The molecule has 228 valence electrons. The number of hydrogen-bond donors (Lipinski definition) is 6. The topological polar surface area (TPSA) is 249 Å². The second-order valence-corrected chi connectivity index (χ2v) is 7.96. The van der Waals surface area contributed by atoms with E-state index >= 15 is 0 Å². The molecule has 8 N–H and O–H groups in total. The third-order valence-electron chi connectivity index (χ3n) is 4.48. The summed E-state index contributed by atoms with van der Waals surface area (Å²) in [6, 6.07) is -1.55. The van der Waals surface area contributed by atoms with Crippen LogP contribution in [0.5, 0.6) is 0 Å². The van der Waals surface area contributed by atoms with Crippen molar-refractivity contribution in [2.45, 2.75) is 99.1 Å². The lowest BCUT2D eigenvalue weighted by molar-refractivity contribution is -0.195. The number of nitrogens with one attached hydrogen (secondary N) is 2. The molecule has 15 nitrogen and oxygen atoms in total. The van der Waals surface area contributed by atoms with Crippen LogP contribution in [-0.2, 0) is 38.4 Å². The third kappa shape index (κ3) is 24.5. The number of hydrogen-bond acceptors (Lipinski definition) is 10. The number of imide groups is 1. The highest BCUT2D eigenvalue weighted by molar-refractivity contribution is 6.01. The molecule has 0 aromatic carbocycles. The maximum atomic E-state index is 10.7. The highest BCUT2D eigenvalue weighted by atomic mass is 16.7. The Labute approximate surface area is 229 Å². The highest BCUT2D eigenvalue weighted by Gasteiger charge is 2.31. The van der Waals surface area contributed by atoms with E-state index in [-0.39, 0.29) is 39.5 Å². The molecule has 2 unspecified atom stereocenters. The standard InChI is InChI=1S/C10H18N2O4.C6H14N2O2.C6H7NO4.2CH4/c1-7(13)11-6-4-3-5-9(10(15)16)12-8(2)14;7-4-2-1-3-5(8)6(9)10;1-4(8)11-7-5(9)2-3-6(7)10;;/h9H,3-6H2,1-2H3,(H,11,13)(H,12,14)(H,15,16);5H,1-4,7-8H2,(H,9,10);2-3H2,1H3;2*1H4. The van der Waals surface area contributed by atoms with E-state index < -0.39 is 41.8 Å². The van der Waals surface area contributed by atoms with Gasteiger partial charge in [-0.3, -0.25) is 24.0 Å². The molecular formula is C24H47N5O10. The van der Waals surface area contributed by atoms with Gasteiger partial charge in [-0.15, -0.1) is 5.06 Å². The van der Waals surface area contributed by atoms with E-state index in [4.69, 9.17) is 21.7 Å². The number of rotatable bonds is 13. The largest absolute Gasteiger partial charge is 0.480 e. The first kappa shape index (κ1) is 42.5. The molecule has 0 aromatic rings. The Balaban J connectivity index is -0.000000237. The molecule has 1 heterocycles. The van der Waals surface area contributed by atoms with Gasteiger partial charge in [0.1, 0.15) is 12.1 Å². The first-order valence-electron chi connectivity index (χ1n) is 11.7. The first-order valence-corrected chi connectivity index (χ1v) is 11.7. The van der Waals surface area contributed by atoms with Crippen molar-refractivity contribution >= 4 is 41.5 Å². The number of nitrogens with zero attached hydrogens (tertiary/aromatic N) is 1. The van der Waals surface area contributed by atoms with Gasteiger partial charge in [-0.1, -0.05) is 21.3 Å². The molecule has 0 aromatic heterocycles. The molecule has 1 rings (SSSR count). The molecule has 0 bridgehead atoms. The lowest BCUT2D eigenvalue weighted by atomic mass is 10.1. The summed E-state index contributed by atoms with van der Waals surface area (Å²) in [7, 11) is 0. The number of carbonyl (C=O) groups is 7. The van der Waals surface area contributed by atoms with Gasteiger partial charge in [-0.25, -0.2) is 9.59 Å². The van der Waals surface area contributed by atoms with Crippen LogP contribution >= 0.6 is 0 Å². The lowest BCUT2D eigenvalue weighted by Gasteiger charge is -2.12. The number of hydroxylamine groups is 2. The van der Waals surface area contributed by atoms with Crippen molar-refractivity contribution < 1.29 is 48.6 Å². The zero-order chi connectivity index (χ0) is 29.0. The predicted molar refractivity (Wildman–Crippen MR) is 143 cm³/mol. The summed E-state index contributed by atoms with van der Waals surface area (Å²) in [5.74, 6) is -3.98. The Morgan fingerprint density at radius 1 is 0.872 bits per heavy atom. The van der Waals surface area contributed by atoms with Gasteiger partial charge in [-0.05, 0) is 38.6 Å². The molecule has 1 fully saturated rings. The van der Waals surface area contributed by atoms with E-state index in [9.17, 15) is 33.6 Å². The van der Waals surface area contributed by atoms with Crippen molar-refractivity contribution in [3.8, 4) is 0 Å². The zero-order valence-electron chi connectivity index (χ0n) is 21.5. The summed E-state index contributed by atoms with van der Waals surface area (Å²) in [6.07, 6.45) is 4.13. The molecule has 15 heteroatoms. The molecule has 0 saturated carbocycles.